The van der Waals surface area contributed by atoms with Crippen molar-refractivity contribution in [2.45, 2.75) is 78.6 Å². The molecule has 0 aliphatic carbocycles. The molecule has 0 saturated carbocycles. The maximum atomic E-state index is 4.82. The van der Waals surface area contributed by atoms with Crippen molar-refractivity contribution in [3.05, 3.63) is 9.30 Å². The van der Waals surface area contributed by atoms with E-state index in [0.717, 1.165) is 0 Å². The van der Waals surface area contributed by atoms with Gasteiger partial charge in [-0.15, -0.1) is 0 Å². The van der Waals surface area contributed by atoms with Gasteiger partial charge in [0.1, 0.15) is 0 Å². The van der Waals surface area contributed by atoms with Gasteiger partial charge in [0.15, 0.2) is 0 Å². The van der Waals surface area contributed by atoms with Crippen LogP contribution in [-0.2, 0) is 0 Å². The molecule has 0 unspecified atom stereocenters. The van der Waals surface area contributed by atoms with Crippen LogP contribution in [0.15, 0.2) is 0 Å². The van der Waals surface area contributed by atoms with Crippen LogP contribution in [0.4, 0.5) is 0 Å². The van der Waals surface area contributed by atoms with E-state index in [1.54, 1.807) is 0 Å². The van der Waals surface area contributed by atoms with Crippen LogP contribution in [0, 0.1) is 40.4 Å². The summed E-state index contributed by atoms with van der Waals surface area (Å²) in [5, 5.41) is 0. The number of nitrogens with zero attached hydrogens (tertiary/aromatic N) is 2. The van der Waals surface area contributed by atoms with Crippen molar-refractivity contribution in [1.29, 1.82) is 0 Å². The fourth-order valence-electron chi connectivity index (χ4n) is 2.01. The van der Waals surface area contributed by atoms with E-state index in [0.29, 0.717) is 0 Å². The van der Waals surface area contributed by atoms with Crippen LogP contribution in [0.1, 0.15) is 0 Å². The van der Waals surface area contributed by atoms with Gasteiger partial charge in [0.05, 0.1) is 0 Å². The second kappa shape index (κ2) is 9.31. The van der Waals surface area contributed by atoms with Gasteiger partial charge >= 0.3 is 0 Å². The zero-order valence-corrected chi connectivity index (χ0v) is 21.9. The van der Waals surface area contributed by atoms with Crippen LogP contribution in [0.3, 0.4) is 0 Å². The Morgan fingerprint density at radius 3 is 0.474 bits per heavy atom. The fraction of sp³-hybridized carbons (Fsp3) is 1.00. The summed E-state index contributed by atoms with van der Waals surface area (Å²) >= 11 is 0. The molecule has 19 heavy (non-hydrogen) atoms. The third-order valence-corrected chi connectivity index (χ3v) is 12.1. The minimum atomic E-state index is -1.11. The molecular weight excluding hydrogens is 435 g/mol. The summed E-state index contributed by atoms with van der Waals surface area (Å²) in [7, 11) is -4.42. The van der Waals surface area contributed by atoms with Crippen LogP contribution in [0.2, 0.25) is 78.6 Å². The van der Waals surface area contributed by atoms with Crippen LogP contribution in [-0.4, -0.2) is 32.9 Å². The predicted molar refractivity (Wildman–Crippen MR) is 100 cm³/mol. The topological polar surface area (TPSA) is 28.2 Å². The Balaban J connectivity index is -0.000000256. The molecule has 0 aromatic carbocycles. The van der Waals surface area contributed by atoms with Crippen molar-refractivity contribution < 1.29 is 40.4 Å². The summed E-state index contributed by atoms with van der Waals surface area (Å²) in [6.45, 7) is 27.6. The summed E-state index contributed by atoms with van der Waals surface area (Å²) in [4.78, 5) is 0. The summed E-state index contributed by atoms with van der Waals surface area (Å²) in [6.07, 6.45) is 0. The van der Waals surface area contributed by atoms with Gasteiger partial charge in [0.25, 0.3) is 0 Å². The largest absolute Gasteiger partial charge is 0.668 e. The molecule has 0 N–H and O–H groups in total. The molecule has 7 heteroatoms. The molecule has 0 saturated heterocycles. The maximum absolute atomic E-state index is 4.82. The van der Waals surface area contributed by atoms with E-state index in [1.165, 1.54) is 0 Å². The molecule has 118 valence electrons. The van der Waals surface area contributed by atoms with Gasteiger partial charge < -0.3 is 9.30 Å². The monoisotopic (exact) mass is 472 g/mol. The summed E-state index contributed by atoms with van der Waals surface area (Å²) < 4.78 is 9.64. The van der Waals surface area contributed by atoms with Gasteiger partial charge in [-0.25, -0.2) is 0 Å². The third kappa shape index (κ3) is 33.1. The molecule has 0 atom stereocenters. The quantitative estimate of drug-likeness (QED) is 0.447. The SMILES string of the molecule is C[Si](C)(C)[N-][Si](C)(C)C.C[Si](C)(C)[N-][Si](C)(C)C.[Sm]. The Morgan fingerprint density at radius 1 is 0.368 bits per heavy atom. The average molecular weight is 471 g/mol. The molecule has 0 amide bonds. The van der Waals surface area contributed by atoms with E-state index in [-0.39, 0.29) is 40.4 Å². The van der Waals surface area contributed by atoms with Crippen molar-refractivity contribution in [2.75, 3.05) is 0 Å². The normalized spacial score (nSPS) is 13.3. The van der Waals surface area contributed by atoms with Crippen molar-refractivity contribution in [3.63, 3.8) is 0 Å². The van der Waals surface area contributed by atoms with E-state index in [9.17, 15) is 0 Å². The van der Waals surface area contributed by atoms with Crippen LogP contribution >= 0.6 is 0 Å². The van der Waals surface area contributed by atoms with E-state index in [4.69, 9.17) is 9.30 Å². The molecular formula is C12H36N2Si4Sm-2. The first-order valence-corrected chi connectivity index (χ1v) is 20.7. The second-order valence-corrected chi connectivity index (χ2v) is 28.1. The van der Waals surface area contributed by atoms with Gasteiger partial charge in [-0.3, -0.25) is 0 Å². The summed E-state index contributed by atoms with van der Waals surface area (Å²) in [5.41, 5.74) is 0. The van der Waals surface area contributed by atoms with Gasteiger partial charge in [-0.2, -0.15) is 0 Å². The van der Waals surface area contributed by atoms with Gasteiger partial charge in [0, 0.05) is 40.4 Å². The van der Waals surface area contributed by atoms with Crippen LogP contribution in [0.25, 0.3) is 9.30 Å². The first kappa shape index (κ1) is 26.0. The fourth-order valence-corrected chi connectivity index (χ4v) is 18.1. The molecule has 0 bridgehead atoms. The van der Waals surface area contributed by atoms with E-state index < -0.39 is 32.9 Å². The minimum absolute atomic E-state index is 0. The third-order valence-electron chi connectivity index (χ3n) is 1.34. The molecule has 0 aromatic rings. The number of hydrogen-bond acceptors (Lipinski definition) is 0. The van der Waals surface area contributed by atoms with Crippen molar-refractivity contribution in [1.82, 2.24) is 0 Å². The first-order chi connectivity index (χ1) is 7.41. The molecule has 0 rings (SSSR count). The van der Waals surface area contributed by atoms with Gasteiger partial charge in [-0.1, -0.05) is 112 Å². The maximum Gasteiger partial charge on any atom is 0 e. The van der Waals surface area contributed by atoms with E-state index >= 15 is 0 Å². The molecule has 0 fully saturated rings. The zero-order valence-electron chi connectivity index (χ0n) is 15.3. The Kier molecular flexibility index (Phi) is 12.8. The molecule has 0 aromatic heterocycles. The second-order valence-electron chi connectivity index (χ2n) is 8.91. The van der Waals surface area contributed by atoms with Gasteiger partial charge in [-0.05, 0) is 0 Å². The van der Waals surface area contributed by atoms with Crippen LogP contribution in [0.5, 0.6) is 0 Å². The Hall–Kier alpha value is 2.13. The summed E-state index contributed by atoms with van der Waals surface area (Å²) in [6, 6.07) is 0. The van der Waals surface area contributed by atoms with Gasteiger partial charge in [0.2, 0.25) is 0 Å². The molecule has 2 nitrogen and oxygen atoms in total. The van der Waals surface area contributed by atoms with Crippen LogP contribution < -0.4 is 0 Å². The summed E-state index contributed by atoms with van der Waals surface area (Å²) in [5.74, 6) is 0. The standard InChI is InChI=1S/2C6H18NSi2.Sm/c2*1-8(2,3)7-9(4,5)6;/h2*1-6H3;/q2*-1;. The Bertz CT molecular complexity index is 184. The molecule has 0 spiro atoms. The van der Waals surface area contributed by atoms with Crippen molar-refractivity contribution in [2.24, 2.45) is 0 Å². The average Bonchev–Trinajstić information content (AvgIpc) is 1.64. The first-order valence-electron chi connectivity index (χ1n) is 6.89. The van der Waals surface area contributed by atoms with Crippen molar-refractivity contribution >= 4 is 32.9 Å². The number of rotatable bonds is 4. The van der Waals surface area contributed by atoms with E-state index in [2.05, 4.69) is 78.6 Å². The van der Waals surface area contributed by atoms with E-state index in [1.807, 2.05) is 0 Å². The zero-order chi connectivity index (χ0) is 15.4. The minimum Gasteiger partial charge on any atom is -0.668 e. The molecule has 0 heterocycles. The van der Waals surface area contributed by atoms with Crippen molar-refractivity contribution in [3.8, 4) is 0 Å². The molecule has 0 radical (unpaired) electrons. The Morgan fingerprint density at radius 2 is 0.474 bits per heavy atom. The molecule has 0 aliphatic heterocycles. The molecule has 0 aliphatic rings. The predicted octanol–water partition coefficient (Wildman–Crippen LogP) is 6.06. The smallest absolute Gasteiger partial charge is 0 e. The Labute approximate surface area is 159 Å². The number of hydrogen-bond donors (Lipinski definition) is 0.